The van der Waals surface area contributed by atoms with Crippen molar-refractivity contribution in [3.05, 3.63) is 29.3 Å². The third kappa shape index (κ3) is 5.28. The Morgan fingerprint density at radius 2 is 1.67 bits per heavy atom. The fourth-order valence-electron chi connectivity index (χ4n) is 4.91. The largest absolute Gasteiger partial charge is 0.340 e. The molecule has 168 valence electrons. The van der Waals surface area contributed by atoms with E-state index >= 15 is 0 Å². The molecule has 1 unspecified atom stereocenters. The Morgan fingerprint density at radius 1 is 1.07 bits per heavy atom. The lowest BCUT2D eigenvalue weighted by Crippen LogP contribution is -2.51. The number of hydrogen-bond acceptors (Lipinski definition) is 4. The van der Waals surface area contributed by atoms with Gasteiger partial charge < -0.3 is 15.5 Å². The SMILES string of the molecule is Cc1cccc(C)c1NC(=O)CN1CCN(C(=O)C2CC23CCNCC3)CC1.Cl.Cl. The number of rotatable bonds is 4. The summed E-state index contributed by atoms with van der Waals surface area (Å²) in [5.74, 6) is 0.614. The molecule has 1 spiro atoms. The molecule has 1 aromatic rings. The molecule has 1 aromatic carbocycles. The number of anilines is 1. The maximum absolute atomic E-state index is 12.9. The van der Waals surface area contributed by atoms with Crippen LogP contribution in [0, 0.1) is 25.2 Å². The van der Waals surface area contributed by atoms with Gasteiger partial charge in [0.15, 0.2) is 0 Å². The third-order valence-corrected chi connectivity index (χ3v) is 6.88. The first kappa shape index (κ1) is 24.9. The molecule has 8 heteroatoms. The van der Waals surface area contributed by atoms with Crippen LogP contribution in [-0.2, 0) is 9.59 Å². The maximum Gasteiger partial charge on any atom is 0.238 e. The highest BCUT2D eigenvalue weighted by molar-refractivity contribution is 5.93. The van der Waals surface area contributed by atoms with E-state index in [0.29, 0.717) is 17.9 Å². The lowest BCUT2D eigenvalue weighted by atomic mass is 9.91. The second kappa shape index (κ2) is 10.3. The lowest BCUT2D eigenvalue weighted by Gasteiger charge is -2.35. The minimum Gasteiger partial charge on any atom is -0.340 e. The molecule has 0 aromatic heterocycles. The Labute approximate surface area is 192 Å². The summed E-state index contributed by atoms with van der Waals surface area (Å²) in [5.41, 5.74) is 3.38. The molecule has 6 nitrogen and oxygen atoms in total. The Hall–Kier alpha value is -1.34. The van der Waals surface area contributed by atoms with Crippen LogP contribution in [0.4, 0.5) is 5.69 Å². The van der Waals surface area contributed by atoms with E-state index in [2.05, 4.69) is 15.5 Å². The summed E-state index contributed by atoms with van der Waals surface area (Å²) in [6.07, 6.45) is 3.36. The number of amides is 2. The van der Waals surface area contributed by atoms with Crippen molar-refractivity contribution in [2.45, 2.75) is 33.1 Å². The van der Waals surface area contributed by atoms with Crippen molar-refractivity contribution in [3.63, 3.8) is 0 Å². The van der Waals surface area contributed by atoms with Crippen LogP contribution >= 0.6 is 24.8 Å². The van der Waals surface area contributed by atoms with Crippen LogP contribution in [0.25, 0.3) is 0 Å². The molecule has 2 heterocycles. The molecular formula is C22H34Cl2N4O2. The molecule has 3 aliphatic rings. The standard InChI is InChI=1S/C22H32N4O2.2ClH/c1-16-4-3-5-17(2)20(16)24-19(27)15-25-10-12-26(13-11-25)21(28)18-14-22(18)6-8-23-9-7-22;;/h3-5,18,23H,6-15H2,1-2H3,(H,24,27);2*1H. The summed E-state index contributed by atoms with van der Waals surface area (Å²) >= 11 is 0. The number of nitrogens with zero attached hydrogens (tertiary/aromatic N) is 2. The van der Waals surface area contributed by atoms with Gasteiger partial charge in [-0.1, -0.05) is 18.2 Å². The smallest absolute Gasteiger partial charge is 0.238 e. The van der Waals surface area contributed by atoms with Crippen molar-refractivity contribution in [1.29, 1.82) is 0 Å². The van der Waals surface area contributed by atoms with Crippen molar-refractivity contribution in [2.75, 3.05) is 51.1 Å². The second-order valence-electron chi connectivity index (χ2n) is 8.79. The second-order valence-corrected chi connectivity index (χ2v) is 8.79. The first-order valence-corrected chi connectivity index (χ1v) is 10.6. The topological polar surface area (TPSA) is 64.7 Å². The average molecular weight is 457 g/mol. The summed E-state index contributed by atoms with van der Waals surface area (Å²) in [4.78, 5) is 29.6. The number of piperazine rings is 1. The van der Waals surface area contributed by atoms with Gasteiger partial charge in [0.2, 0.25) is 11.8 Å². The zero-order valence-corrected chi connectivity index (χ0v) is 19.5. The predicted octanol–water partition coefficient (Wildman–Crippen LogP) is 2.62. The van der Waals surface area contributed by atoms with E-state index in [0.717, 1.165) is 75.3 Å². The Balaban J connectivity index is 0.00000160. The fourth-order valence-corrected chi connectivity index (χ4v) is 4.91. The quantitative estimate of drug-likeness (QED) is 0.730. The van der Waals surface area contributed by atoms with Crippen molar-refractivity contribution in [2.24, 2.45) is 11.3 Å². The Bertz CT molecular complexity index is 739. The molecule has 3 fully saturated rings. The average Bonchev–Trinajstić information content (AvgIpc) is 3.38. The molecular weight excluding hydrogens is 423 g/mol. The van der Waals surface area contributed by atoms with Crippen LogP contribution in [0.3, 0.4) is 0 Å². The number of halogens is 2. The summed E-state index contributed by atoms with van der Waals surface area (Å²) in [5, 5.41) is 6.46. The highest BCUT2D eigenvalue weighted by atomic mass is 35.5. The number of nitrogens with one attached hydrogen (secondary N) is 2. The van der Waals surface area contributed by atoms with E-state index in [1.165, 1.54) is 0 Å². The monoisotopic (exact) mass is 456 g/mol. The summed E-state index contributed by atoms with van der Waals surface area (Å²) in [7, 11) is 0. The van der Waals surface area contributed by atoms with Crippen LogP contribution in [-0.4, -0.2) is 67.4 Å². The van der Waals surface area contributed by atoms with E-state index < -0.39 is 0 Å². The van der Waals surface area contributed by atoms with Crippen LogP contribution in [0.5, 0.6) is 0 Å². The number of piperidine rings is 1. The van der Waals surface area contributed by atoms with Crippen LogP contribution < -0.4 is 10.6 Å². The van der Waals surface area contributed by atoms with Gasteiger partial charge in [0.25, 0.3) is 0 Å². The van der Waals surface area contributed by atoms with Gasteiger partial charge in [-0.05, 0) is 62.7 Å². The van der Waals surface area contributed by atoms with E-state index in [4.69, 9.17) is 0 Å². The van der Waals surface area contributed by atoms with Crippen molar-refractivity contribution in [3.8, 4) is 0 Å². The zero-order chi connectivity index (χ0) is 19.7. The molecule has 30 heavy (non-hydrogen) atoms. The molecule has 2 aliphatic heterocycles. The van der Waals surface area contributed by atoms with Crippen molar-refractivity contribution in [1.82, 2.24) is 15.1 Å². The zero-order valence-electron chi connectivity index (χ0n) is 17.9. The molecule has 1 aliphatic carbocycles. The molecule has 2 saturated heterocycles. The number of benzene rings is 1. The third-order valence-electron chi connectivity index (χ3n) is 6.88. The van der Waals surface area contributed by atoms with Crippen molar-refractivity contribution >= 4 is 42.3 Å². The highest BCUT2D eigenvalue weighted by Crippen LogP contribution is 2.59. The van der Waals surface area contributed by atoms with Crippen LogP contribution in [0.15, 0.2) is 18.2 Å². The van der Waals surface area contributed by atoms with Crippen LogP contribution in [0.1, 0.15) is 30.4 Å². The van der Waals surface area contributed by atoms with Gasteiger partial charge in [0.1, 0.15) is 0 Å². The predicted molar refractivity (Wildman–Crippen MR) is 125 cm³/mol. The molecule has 2 N–H and O–H groups in total. The minimum atomic E-state index is 0. The molecule has 0 radical (unpaired) electrons. The highest BCUT2D eigenvalue weighted by Gasteiger charge is 2.58. The van der Waals surface area contributed by atoms with Crippen LogP contribution in [0.2, 0.25) is 0 Å². The lowest BCUT2D eigenvalue weighted by molar-refractivity contribution is -0.135. The van der Waals surface area contributed by atoms with Gasteiger partial charge in [-0.3, -0.25) is 14.5 Å². The first-order valence-electron chi connectivity index (χ1n) is 10.6. The Morgan fingerprint density at radius 3 is 2.27 bits per heavy atom. The maximum atomic E-state index is 12.9. The first-order chi connectivity index (χ1) is 13.5. The number of carbonyl (C=O) groups excluding carboxylic acids is 2. The molecule has 2 amide bonds. The Kier molecular flexibility index (Phi) is 8.57. The summed E-state index contributed by atoms with van der Waals surface area (Å²) in [6, 6.07) is 6.03. The van der Waals surface area contributed by atoms with E-state index in [9.17, 15) is 9.59 Å². The fraction of sp³-hybridized carbons (Fsp3) is 0.636. The molecule has 1 atom stereocenters. The van der Waals surface area contributed by atoms with Gasteiger partial charge in [-0.15, -0.1) is 24.8 Å². The number of para-hydroxylation sites is 1. The summed E-state index contributed by atoms with van der Waals surface area (Å²) < 4.78 is 0. The molecule has 4 rings (SSSR count). The molecule has 1 saturated carbocycles. The normalized spacial score (nSPS) is 22.6. The van der Waals surface area contributed by atoms with Gasteiger partial charge >= 0.3 is 0 Å². The number of carbonyl (C=O) groups is 2. The summed E-state index contributed by atoms with van der Waals surface area (Å²) in [6.45, 7) is 9.52. The van der Waals surface area contributed by atoms with Gasteiger partial charge in [0, 0.05) is 37.8 Å². The van der Waals surface area contributed by atoms with E-state index in [1.807, 2.05) is 36.9 Å². The molecule has 0 bridgehead atoms. The van der Waals surface area contributed by atoms with E-state index in [1.54, 1.807) is 0 Å². The van der Waals surface area contributed by atoms with Gasteiger partial charge in [-0.2, -0.15) is 0 Å². The van der Waals surface area contributed by atoms with E-state index in [-0.39, 0.29) is 36.6 Å². The van der Waals surface area contributed by atoms with Gasteiger partial charge in [-0.25, -0.2) is 0 Å². The van der Waals surface area contributed by atoms with Gasteiger partial charge in [0.05, 0.1) is 6.54 Å². The number of hydrogen-bond donors (Lipinski definition) is 2. The van der Waals surface area contributed by atoms with Crippen molar-refractivity contribution < 1.29 is 9.59 Å². The minimum absolute atomic E-state index is 0. The number of aryl methyl sites for hydroxylation is 2.